The van der Waals surface area contributed by atoms with Crippen molar-refractivity contribution in [2.24, 2.45) is 4.99 Å². The second-order valence-electron chi connectivity index (χ2n) is 6.27. The van der Waals surface area contributed by atoms with Crippen LogP contribution in [-0.2, 0) is 11.3 Å². The Hall–Kier alpha value is -2.17. The Morgan fingerprint density at radius 1 is 1.10 bits per heavy atom. The van der Waals surface area contributed by atoms with Crippen LogP contribution in [0, 0.1) is 0 Å². The van der Waals surface area contributed by atoms with E-state index in [1.807, 2.05) is 42.5 Å². The summed E-state index contributed by atoms with van der Waals surface area (Å²) in [5.41, 5.74) is 3.03. The van der Waals surface area contributed by atoms with Crippen LogP contribution in [0.3, 0.4) is 0 Å². The van der Waals surface area contributed by atoms with Gasteiger partial charge in [-0.1, -0.05) is 36.4 Å². The van der Waals surface area contributed by atoms with Gasteiger partial charge in [-0.3, -0.25) is 4.99 Å². The molecule has 1 aromatic heterocycles. The number of guanidine groups is 1. The standard InChI is InChI=1S/C22H26N4O2S.HI/c1-23-22(25-18-10-6-11-19(14-18)28-13-7-12-27-2)24-15-21-26-20(16-29-21)17-8-4-3-5-9-17;/h3-6,8-11,14,16H,7,12-13,15H2,1-2H3,(H2,23,24,25);1H. The smallest absolute Gasteiger partial charge is 0.195 e. The third-order valence-electron chi connectivity index (χ3n) is 4.11. The molecule has 0 bridgehead atoms. The first-order chi connectivity index (χ1) is 14.3. The van der Waals surface area contributed by atoms with E-state index in [0.29, 0.717) is 25.7 Å². The zero-order chi connectivity index (χ0) is 20.3. The van der Waals surface area contributed by atoms with E-state index in [9.17, 15) is 0 Å². The number of benzene rings is 2. The van der Waals surface area contributed by atoms with Crippen molar-refractivity contribution in [1.82, 2.24) is 10.3 Å². The Labute approximate surface area is 198 Å². The van der Waals surface area contributed by atoms with Crippen molar-refractivity contribution in [2.75, 3.05) is 32.7 Å². The summed E-state index contributed by atoms with van der Waals surface area (Å²) in [7, 11) is 3.44. The van der Waals surface area contributed by atoms with Gasteiger partial charge in [0.25, 0.3) is 0 Å². The molecule has 0 amide bonds. The van der Waals surface area contributed by atoms with E-state index >= 15 is 0 Å². The van der Waals surface area contributed by atoms with Gasteiger partial charge in [0.05, 0.1) is 18.8 Å². The minimum atomic E-state index is 0. The molecule has 6 nitrogen and oxygen atoms in total. The molecule has 2 N–H and O–H groups in total. The lowest BCUT2D eigenvalue weighted by atomic mass is 10.2. The van der Waals surface area contributed by atoms with Gasteiger partial charge in [0.15, 0.2) is 5.96 Å². The predicted molar refractivity (Wildman–Crippen MR) is 135 cm³/mol. The lowest BCUT2D eigenvalue weighted by Crippen LogP contribution is -2.30. The molecule has 0 aliphatic rings. The first kappa shape index (κ1) is 24.1. The Bertz CT molecular complexity index is 918. The van der Waals surface area contributed by atoms with Crippen LogP contribution >= 0.6 is 35.3 Å². The van der Waals surface area contributed by atoms with Crippen molar-refractivity contribution in [1.29, 1.82) is 0 Å². The SMILES string of the molecule is CN=C(NCc1nc(-c2ccccc2)cs1)Nc1cccc(OCCCOC)c1.I. The molecule has 160 valence electrons. The Morgan fingerprint density at radius 3 is 2.70 bits per heavy atom. The van der Waals surface area contributed by atoms with Crippen molar-refractivity contribution < 1.29 is 9.47 Å². The predicted octanol–water partition coefficient (Wildman–Crippen LogP) is 5.03. The highest BCUT2D eigenvalue weighted by Crippen LogP contribution is 2.21. The Kier molecular flexibility index (Phi) is 10.6. The van der Waals surface area contributed by atoms with Gasteiger partial charge < -0.3 is 20.1 Å². The molecule has 0 saturated carbocycles. The molecule has 3 aromatic rings. The van der Waals surface area contributed by atoms with Crippen molar-refractivity contribution in [3.05, 3.63) is 65.0 Å². The van der Waals surface area contributed by atoms with Crippen molar-refractivity contribution >= 4 is 47.0 Å². The number of nitrogens with zero attached hydrogens (tertiary/aromatic N) is 2. The second-order valence-corrected chi connectivity index (χ2v) is 7.21. The minimum Gasteiger partial charge on any atom is -0.493 e. The van der Waals surface area contributed by atoms with Gasteiger partial charge in [0.2, 0.25) is 0 Å². The van der Waals surface area contributed by atoms with Crippen LogP contribution < -0.4 is 15.4 Å². The number of methoxy groups -OCH3 is 1. The first-order valence-corrected chi connectivity index (χ1v) is 10.4. The highest BCUT2D eigenvalue weighted by molar-refractivity contribution is 14.0. The van der Waals surface area contributed by atoms with Gasteiger partial charge in [0.1, 0.15) is 10.8 Å². The number of nitrogens with one attached hydrogen (secondary N) is 2. The molecule has 0 aliphatic heterocycles. The molecule has 0 saturated heterocycles. The zero-order valence-electron chi connectivity index (χ0n) is 17.1. The highest BCUT2D eigenvalue weighted by atomic mass is 127. The van der Waals surface area contributed by atoms with E-state index in [1.54, 1.807) is 25.5 Å². The van der Waals surface area contributed by atoms with E-state index in [2.05, 4.69) is 33.1 Å². The van der Waals surface area contributed by atoms with Crippen LogP contribution in [0.4, 0.5) is 5.69 Å². The number of halogens is 1. The fourth-order valence-electron chi connectivity index (χ4n) is 2.67. The number of hydrogen-bond acceptors (Lipinski definition) is 5. The van der Waals surface area contributed by atoms with E-state index in [0.717, 1.165) is 34.1 Å². The molecule has 1 heterocycles. The fraction of sp³-hybridized carbons (Fsp3) is 0.273. The van der Waals surface area contributed by atoms with Gasteiger partial charge in [0, 0.05) is 49.9 Å². The molecule has 0 spiro atoms. The van der Waals surface area contributed by atoms with E-state index in [4.69, 9.17) is 14.5 Å². The van der Waals surface area contributed by atoms with Crippen molar-refractivity contribution in [2.45, 2.75) is 13.0 Å². The quantitative estimate of drug-likeness (QED) is 0.173. The van der Waals surface area contributed by atoms with Gasteiger partial charge in [-0.2, -0.15) is 0 Å². The third-order valence-corrected chi connectivity index (χ3v) is 4.96. The van der Waals surface area contributed by atoms with Crippen LogP contribution in [0.25, 0.3) is 11.3 Å². The summed E-state index contributed by atoms with van der Waals surface area (Å²) in [5.74, 6) is 1.49. The molecule has 0 fully saturated rings. The van der Waals surface area contributed by atoms with Crippen molar-refractivity contribution in [3.8, 4) is 17.0 Å². The monoisotopic (exact) mass is 538 g/mol. The average Bonchev–Trinajstić information content (AvgIpc) is 3.24. The molecule has 0 radical (unpaired) electrons. The topological polar surface area (TPSA) is 67.8 Å². The van der Waals surface area contributed by atoms with Gasteiger partial charge in [-0.15, -0.1) is 35.3 Å². The van der Waals surface area contributed by atoms with E-state index < -0.39 is 0 Å². The Morgan fingerprint density at radius 2 is 1.93 bits per heavy atom. The number of aromatic nitrogens is 1. The molecule has 3 rings (SSSR count). The van der Waals surface area contributed by atoms with Crippen LogP contribution in [-0.4, -0.2) is 38.3 Å². The first-order valence-electron chi connectivity index (χ1n) is 9.48. The fourth-order valence-corrected chi connectivity index (χ4v) is 3.41. The van der Waals surface area contributed by atoms with Gasteiger partial charge in [-0.25, -0.2) is 4.98 Å². The normalized spacial score (nSPS) is 10.9. The molecular formula is C22H27IN4O2S. The number of hydrogen-bond donors (Lipinski definition) is 2. The van der Waals surface area contributed by atoms with Crippen LogP contribution in [0.15, 0.2) is 65.0 Å². The van der Waals surface area contributed by atoms with Gasteiger partial charge in [-0.05, 0) is 12.1 Å². The molecular weight excluding hydrogens is 511 g/mol. The molecule has 0 atom stereocenters. The maximum Gasteiger partial charge on any atom is 0.195 e. The summed E-state index contributed by atoms with van der Waals surface area (Å²) in [4.78, 5) is 8.99. The lowest BCUT2D eigenvalue weighted by molar-refractivity contribution is 0.172. The lowest BCUT2D eigenvalue weighted by Gasteiger charge is -2.12. The van der Waals surface area contributed by atoms with Crippen LogP contribution in [0.2, 0.25) is 0 Å². The average molecular weight is 538 g/mol. The van der Waals surface area contributed by atoms with Crippen LogP contribution in [0.1, 0.15) is 11.4 Å². The third kappa shape index (κ3) is 7.58. The summed E-state index contributed by atoms with van der Waals surface area (Å²) in [6.45, 7) is 1.92. The molecule has 2 aromatic carbocycles. The van der Waals surface area contributed by atoms with E-state index in [-0.39, 0.29) is 24.0 Å². The number of ether oxygens (including phenoxy) is 2. The summed E-state index contributed by atoms with van der Waals surface area (Å²) in [6.07, 6.45) is 0.857. The van der Waals surface area contributed by atoms with Gasteiger partial charge >= 0.3 is 0 Å². The summed E-state index contributed by atoms with van der Waals surface area (Å²) in [6, 6.07) is 18.0. The number of aliphatic imine (C=N–C) groups is 1. The van der Waals surface area contributed by atoms with Crippen molar-refractivity contribution in [3.63, 3.8) is 0 Å². The summed E-state index contributed by atoms with van der Waals surface area (Å²) in [5, 5.41) is 9.68. The maximum atomic E-state index is 5.75. The number of rotatable bonds is 9. The summed E-state index contributed by atoms with van der Waals surface area (Å²) < 4.78 is 10.8. The van der Waals surface area contributed by atoms with Crippen LogP contribution in [0.5, 0.6) is 5.75 Å². The molecule has 30 heavy (non-hydrogen) atoms. The maximum absolute atomic E-state index is 5.75. The number of anilines is 1. The molecule has 0 aliphatic carbocycles. The zero-order valence-corrected chi connectivity index (χ0v) is 20.3. The molecule has 8 heteroatoms. The highest BCUT2D eigenvalue weighted by Gasteiger charge is 2.06. The Balaban J connectivity index is 0.00000320. The minimum absolute atomic E-state index is 0. The second kappa shape index (κ2) is 13.2. The number of thiazole rings is 1. The van der Waals surface area contributed by atoms with E-state index in [1.165, 1.54) is 0 Å². The molecule has 0 unspecified atom stereocenters. The largest absolute Gasteiger partial charge is 0.493 e. The summed E-state index contributed by atoms with van der Waals surface area (Å²) >= 11 is 1.63.